The van der Waals surface area contributed by atoms with Crippen LogP contribution in [0.25, 0.3) is 0 Å². The van der Waals surface area contributed by atoms with E-state index in [0.29, 0.717) is 5.41 Å². The van der Waals surface area contributed by atoms with E-state index in [-0.39, 0.29) is 0 Å². The Morgan fingerprint density at radius 1 is 1.00 bits per heavy atom. The fourth-order valence-corrected chi connectivity index (χ4v) is 3.81. The van der Waals surface area contributed by atoms with Gasteiger partial charge in [0.1, 0.15) is 16.7 Å². The second-order valence-corrected chi connectivity index (χ2v) is 6.56. The Morgan fingerprint density at radius 2 is 1.72 bits per heavy atom. The van der Waals surface area contributed by atoms with Gasteiger partial charge < -0.3 is 4.90 Å². The van der Waals surface area contributed by atoms with Gasteiger partial charge in [0.2, 0.25) is 0 Å². The third-order valence-electron chi connectivity index (χ3n) is 4.68. The van der Waals surface area contributed by atoms with Crippen LogP contribution < -0.4 is 4.90 Å². The minimum Gasteiger partial charge on any atom is -0.356 e. The maximum Gasteiger partial charge on any atom is 0.133 e. The highest BCUT2D eigenvalue weighted by molar-refractivity contribution is 9.10. The maximum absolute atomic E-state index is 4.38. The second kappa shape index (κ2) is 5.16. The Bertz CT molecular complexity index is 405. The van der Waals surface area contributed by atoms with E-state index < -0.39 is 0 Å². The maximum atomic E-state index is 4.38. The molecule has 1 saturated carbocycles. The number of hydrogen-bond donors (Lipinski definition) is 0. The Balaban J connectivity index is 1.66. The summed E-state index contributed by atoms with van der Waals surface area (Å²) < 4.78 is 0.880. The highest BCUT2D eigenvalue weighted by Crippen LogP contribution is 2.44. The predicted octanol–water partition coefficient (Wildman–Crippen LogP) is 3.79. The molecule has 4 heteroatoms. The zero-order valence-corrected chi connectivity index (χ0v) is 12.3. The van der Waals surface area contributed by atoms with Crippen LogP contribution in [0.4, 0.5) is 5.82 Å². The molecular formula is C14H20BrN3. The fraction of sp³-hybridized carbons (Fsp3) is 0.714. The first-order chi connectivity index (χ1) is 8.77. The molecule has 3 rings (SSSR count). The van der Waals surface area contributed by atoms with E-state index in [1.165, 1.54) is 44.9 Å². The number of halogens is 1. The lowest BCUT2D eigenvalue weighted by Crippen LogP contribution is -2.41. The van der Waals surface area contributed by atoms with E-state index in [4.69, 9.17) is 0 Å². The average Bonchev–Trinajstić information content (AvgIpc) is 2.40. The number of nitrogens with zero attached hydrogens (tertiary/aromatic N) is 3. The van der Waals surface area contributed by atoms with Gasteiger partial charge in [0.15, 0.2) is 0 Å². The van der Waals surface area contributed by atoms with E-state index in [2.05, 4.69) is 30.8 Å². The molecule has 0 amide bonds. The monoisotopic (exact) mass is 309 g/mol. The number of hydrogen-bond acceptors (Lipinski definition) is 3. The highest BCUT2D eigenvalue weighted by atomic mass is 79.9. The van der Waals surface area contributed by atoms with Gasteiger partial charge >= 0.3 is 0 Å². The standard InChI is InChI=1S/C14H20BrN3/c15-12-10-13(17-11-16-12)18-8-6-14(7-9-18)4-2-1-3-5-14/h10-11H,1-9H2. The van der Waals surface area contributed by atoms with Crippen molar-refractivity contribution < 1.29 is 0 Å². The molecule has 1 aliphatic carbocycles. The molecule has 2 aliphatic rings. The zero-order valence-electron chi connectivity index (χ0n) is 10.7. The zero-order chi connectivity index (χ0) is 12.4. The quantitative estimate of drug-likeness (QED) is 0.739. The lowest BCUT2D eigenvalue weighted by molar-refractivity contribution is 0.144. The van der Waals surface area contributed by atoms with E-state index in [1.807, 2.05) is 6.07 Å². The van der Waals surface area contributed by atoms with E-state index in [9.17, 15) is 0 Å². The van der Waals surface area contributed by atoms with Gasteiger partial charge in [-0.15, -0.1) is 0 Å². The van der Waals surface area contributed by atoms with Crippen molar-refractivity contribution in [3.05, 3.63) is 17.0 Å². The third-order valence-corrected chi connectivity index (χ3v) is 5.12. The molecule has 1 aromatic heterocycles. The van der Waals surface area contributed by atoms with Crippen LogP contribution in [0, 0.1) is 5.41 Å². The van der Waals surface area contributed by atoms with E-state index in [0.717, 1.165) is 23.5 Å². The first kappa shape index (κ1) is 12.4. The largest absolute Gasteiger partial charge is 0.356 e. The van der Waals surface area contributed by atoms with Gasteiger partial charge in [0.05, 0.1) is 0 Å². The summed E-state index contributed by atoms with van der Waals surface area (Å²) in [5.74, 6) is 1.07. The first-order valence-corrected chi connectivity index (χ1v) is 7.79. The topological polar surface area (TPSA) is 29.0 Å². The Labute approximate surface area is 117 Å². The molecule has 1 saturated heterocycles. The minimum atomic E-state index is 0.666. The lowest BCUT2D eigenvalue weighted by atomic mass is 9.68. The van der Waals surface area contributed by atoms with Crippen LogP contribution in [0.5, 0.6) is 0 Å². The van der Waals surface area contributed by atoms with Gasteiger partial charge in [-0.05, 0) is 47.0 Å². The first-order valence-electron chi connectivity index (χ1n) is 7.00. The minimum absolute atomic E-state index is 0.666. The van der Waals surface area contributed by atoms with Crippen LogP contribution >= 0.6 is 15.9 Å². The number of aromatic nitrogens is 2. The van der Waals surface area contributed by atoms with E-state index >= 15 is 0 Å². The lowest BCUT2D eigenvalue weighted by Gasteiger charge is -2.44. The predicted molar refractivity (Wildman–Crippen MR) is 76.7 cm³/mol. The van der Waals surface area contributed by atoms with Crippen LogP contribution in [0.2, 0.25) is 0 Å². The molecule has 0 bridgehead atoms. The van der Waals surface area contributed by atoms with Gasteiger partial charge in [-0.3, -0.25) is 0 Å². The van der Waals surface area contributed by atoms with Crippen molar-refractivity contribution in [2.75, 3.05) is 18.0 Å². The Morgan fingerprint density at radius 3 is 2.39 bits per heavy atom. The van der Waals surface area contributed by atoms with Crippen LogP contribution in [0.15, 0.2) is 17.0 Å². The average molecular weight is 310 g/mol. The third kappa shape index (κ3) is 2.53. The molecule has 1 spiro atoms. The smallest absolute Gasteiger partial charge is 0.133 e. The van der Waals surface area contributed by atoms with Gasteiger partial charge in [-0.1, -0.05) is 19.3 Å². The molecule has 0 atom stereocenters. The Hall–Kier alpha value is -0.640. The van der Waals surface area contributed by atoms with Crippen molar-refractivity contribution in [1.29, 1.82) is 0 Å². The second-order valence-electron chi connectivity index (χ2n) is 5.75. The summed E-state index contributed by atoms with van der Waals surface area (Å²) in [6.07, 6.45) is 11.6. The van der Waals surface area contributed by atoms with Crippen LogP contribution in [0.1, 0.15) is 44.9 Å². The Kier molecular flexibility index (Phi) is 3.55. The van der Waals surface area contributed by atoms with Crippen LogP contribution in [0.3, 0.4) is 0 Å². The van der Waals surface area contributed by atoms with Gasteiger partial charge in [0.25, 0.3) is 0 Å². The normalized spacial score (nSPS) is 23.3. The van der Waals surface area contributed by atoms with Gasteiger partial charge in [-0.25, -0.2) is 9.97 Å². The van der Waals surface area contributed by atoms with Crippen molar-refractivity contribution in [2.24, 2.45) is 5.41 Å². The molecular weight excluding hydrogens is 290 g/mol. The highest BCUT2D eigenvalue weighted by Gasteiger charge is 2.35. The molecule has 98 valence electrons. The van der Waals surface area contributed by atoms with Crippen molar-refractivity contribution in [2.45, 2.75) is 44.9 Å². The van der Waals surface area contributed by atoms with Gasteiger partial charge in [0, 0.05) is 19.2 Å². The summed E-state index contributed by atoms with van der Waals surface area (Å²) in [5.41, 5.74) is 0.666. The molecule has 3 nitrogen and oxygen atoms in total. The molecule has 0 N–H and O–H groups in total. The number of rotatable bonds is 1. The van der Waals surface area contributed by atoms with Crippen molar-refractivity contribution in [3.63, 3.8) is 0 Å². The molecule has 2 fully saturated rings. The van der Waals surface area contributed by atoms with Crippen molar-refractivity contribution in [3.8, 4) is 0 Å². The number of anilines is 1. The number of piperidine rings is 1. The summed E-state index contributed by atoms with van der Waals surface area (Å²) in [6.45, 7) is 2.31. The van der Waals surface area contributed by atoms with Crippen LogP contribution in [-0.2, 0) is 0 Å². The van der Waals surface area contributed by atoms with Crippen molar-refractivity contribution in [1.82, 2.24) is 9.97 Å². The van der Waals surface area contributed by atoms with Crippen LogP contribution in [-0.4, -0.2) is 23.1 Å². The SMILES string of the molecule is Brc1cc(N2CCC3(CCCCC3)CC2)ncn1. The summed E-state index contributed by atoms with van der Waals surface area (Å²) >= 11 is 3.42. The molecule has 0 aromatic carbocycles. The summed E-state index contributed by atoms with van der Waals surface area (Å²) in [4.78, 5) is 10.9. The summed E-state index contributed by atoms with van der Waals surface area (Å²) in [7, 11) is 0. The molecule has 1 aromatic rings. The van der Waals surface area contributed by atoms with Gasteiger partial charge in [-0.2, -0.15) is 0 Å². The fourth-order valence-electron chi connectivity index (χ4n) is 3.51. The molecule has 1 aliphatic heterocycles. The van der Waals surface area contributed by atoms with E-state index in [1.54, 1.807) is 6.33 Å². The molecule has 0 radical (unpaired) electrons. The van der Waals surface area contributed by atoms with Crippen molar-refractivity contribution >= 4 is 21.7 Å². The summed E-state index contributed by atoms with van der Waals surface area (Å²) in [6, 6.07) is 2.03. The molecule has 18 heavy (non-hydrogen) atoms. The molecule has 0 unspecified atom stereocenters. The summed E-state index contributed by atoms with van der Waals surface area (Å²) in [5, 5.41) is 0. The molecule has 2 heterocycles.